The van der Waals surface area contributed by atoms with Crippen LogP contribution in [0.15, 0.2) is 17.1 Å². The Bertz CT molecular complexity index is 1180. The molecule has 4 aliphatic heterocycles. The van der Waals surface area contributed by atoms with E-state index in [1.807, 2.05) is 0 Å². The Morgan fingerprint density at radius 3 is 2.97 bits per heavy atom. The largest absolute Gasteiger partial charge is 0.489 e. The second-order valence-corrected chi connectivity index (χ2v) is 10.9. The first-order chi connectivity index (χ1) is 16.9. The maximum Gasteiger partial charge on any atom is 0.319 e. The van der Waals surface area contributed by atoms with Gasteiger partial charge in [-0.25, -0.2) is 8.78 Å². The van der Waals surface area contributed by atoms with E-state index < -0.39 is 12.0 Å². The Balaban J connectivity index is 1.47. The summed E-state index contributed by atoms with van der Waals surface area (Å²) < 4.78 is 47.7. The first kappa shape index (κ1) is 23.6. The van der Waals surface area contributed by atoms with Crippen LogP contribution in [-0.2, 0) is 4.74 Å². The second-order valence-electron chi connectivity index (χ2n) is 9.73. The molecule has 0 N–H and O–H groups in total. The zero-order chi connectivity index (χ0) is 24.3. The molecule has 6 rings (SSSR count). The number of hydrogen-bond acceptors (Lipinski definition) is 7. The number of alkyl halides is 1. The van der Waals surface area contributed by atoms with Gasteiger partial charge in [0.15, 0.2) is 11.6 Å². The van der Waals surface area contributed by atoms with Crippen LogP contribution in [0.4, 0.5) is 14.6 Å². The molecule has 3 fully saturated rings. The van der Waals surface area contributed by atoms with E-state index in [1.54, 1.807) is 6.08 Å². The predicted molar refractivity (Wildman–Crippen MR) is 132 cm³/mol. The lowest BCUT2D eigenvalue weighted by Gasteiger charge is -2.34. The SMILES string of the molecule is C=C[C@H]1COc2c(Cl)c(Br)c(F)c3nc(OC[C@@]45CCCN4C[C@H](F)C5)nc(c23)N1C1CCOC1. The fourth-order valence-electron chi connectivity index (χ4n) is 6.01. The fraction of sp³-hybridized carbons (Fsp3) is 0.583. The van der Waals surface area contributed by atoms with E-state index in [4.69, 9.17) is 30.8 Å². The molecule has 1 aromatic carbocycles. The molecule has 188 valence electrons. The minimum atomic E-state index is -0.873. The van der Waals surface area contributed by atoms with Crippen LogP contribution in [0, 0.1) is 5.82 Å². The van der Waals surface area contributed by atoms with E-state index in [-0.39, 0.29) is 51.9 Å². The Morgan fingerprint density at radius 1 is 1.34 bits per heavy atom. The summed E-state index contributed by atoms with van der Waals surface area (Å²) in [6.07, 6.45) is 3.97. The molecule has 5 heterocycles. The minimum Gasteiger partial charge on any atom is -0.489 e. The van der Waals surface area contributed by atoms with Crippen molar-refractivity contribution in [3.05, 3.63) is 28.0 Å². The molecular formula is C24H26BrClF2N4O3. The van der Waals surface area contributed by atoms with Crippen LogP contribution < -0.4 is 14.4 Å². The number of anilines is 1. The maximum atomic E-state index is 15.5. The van der Waals surface area contributed by atoms with Crippen molar-refractivity contribution in [2.75, 3.05) is 44.4 Å². The van der Waals surface area contributed by atoms with Gasteiger partial charge in [-0.3, -0.25) is 4.90 Å². The van der Waals surface area contributed by atoms with Gasteiger partial charge < -0.3 is 19.1 Å². The number of nitrogens with zero attached hydrogens (tertiary/aromatic N) is 4. The first-order valence-electron chi connectivity index (χ1n) is 11.9. The van der Waals surface area contributed by atoms with Crippen LogP contribution in [-0.4, -0.2) is 78.2 Å². The Kier molecular flexibility index (Phi) is 6.06. The van der Waals surface area contributed by atoms with Crippen molar-refractivity contribution >= 4 is 44.3 Å². The van der Waals surface area contributed by atoms with Crippen LogP contribution in [0.1, 0.15) is 25.7 Å². The van der Waals surface area contributed by atoms with Crippen LogP contribution in [0.25, 0.3) is 10.9 Å². The van der Waals surface area contributed by atoms with E-state index in [9.17, 15) is 4.39 Å². The summed E-state index contributed by atoms with van der Waals surface area (Å²) in [5, 5.41) is 0.519. The smallest absolute Gasteiger partial charge is 0.319 e. The number of aromatic nitrogens is 2. The molecule has 4 atom stereocenters. The number of benzene rings is 1. The number of rotatable bonds is 5. The third-order valence-corrected chi connectivity index (χ3v) is 9.02. The zero-order valence-electron chi connectivity index (χ0n) is 19.1. The summed E-state index contributed by atoms with van der Waals surface area (Å²) in [5.74, 6) is 0.180. The highest BCUT2D eigenvalue weighted by atomic mass is 79.9. The van der Waals surface area contributed by atoms with Crippen molar-refractivity contribution in [1.29, 1.82) is 0 Å². The minimum absolute atomic E-state index is 0.00460. The zero-order valence-corrected chi connectivity index (χ0v) is 21.5. The first-order valence-corrected chi connectivity index (χ1v) is 13.1. The molecular weight excluding hydrogens is 546 g/mol. The summed E-state index contributed by atoms with van der Waals surface area (Å²) in [4.78, 5) is 13.4. The van der Waals surface area contributed by atoms with Gasteiger partial charge in [0.1, 0.15) is 35.7 Å². The molecule has 0 radical (unpaired) electrons. The molecule has 2 aromatic rings. The third kappa shape index (κ3) is 3.79. The summed E-state index contributed by atoms with van der Waals surface area (Å²) in [6, 6.07) is -0.206. The number of hydrogen-bond donors (Lipinski definition) is 0. The van der Waals surface area contributed by atoms with Crippen LogP contribution in [0.2, 0.25) is 5.02 Å². The van der Waals surface area contributed by atoms with E-state index in [2.05, 4.69) is 37.3 Å². The Hall–Kier alpha value is -1.75. The van der Waals surface area contributed by atoms with Crippen molar-refractivity contribution in [2.45, 2.75) is 49.5 Å². The van der Waals surface area contributed by atoms with Crippen molar-refractivity contribution in [3.63, 3.8) is 0 Å². The molecule has 0 aliphatic carbocycles. The van der Waals surface area contributed by atoms with E-state index in [0.717, 1.165) is 25.8 Å². The van der Waals surface area contributed by atoms with E-state index in [1.165, 1.54) is 0 Å². The quantitative estimate of drug-likeness (QED) is 0.382. The lowest BCUT2D eigenvalue weighted by molar-refractivity contribution is 0.107. The van der Waals surface area contributed by atoms with Gasteiger partial charge in [-0.15, -0.1) is 6.58 Å². The van der Waals surface area contributed by atoms with Gasteiger partial charge >= 0.3 is 6.01 Å². The molecule has 0 spiro atoms. The molecule has 35 heavy (non-hydrogen) atoms. The third-order valence-electron chi connectivity index (χ3n) is 7.69. The van der Waals surface area contributed by atoms with Gasteiger partial charge in [0.2, 0.25) is 0 Å². The van der Waals surface area contributed by atoms with Crippen LogP contribution >= 0.6 is 27.5 Å². The van der Waals surface area contributed by atoms with E-state index >= 15 is 4.39 Å². The highest BCUT2D eigenvalue weighted by Crippen LogP contribution is 2.48. The molecule has 0 amide bonds. The second kappa shape index (κ2) is 8.97. The summed E-state index contributed by atoms with van der Waals surface area (Å²) in [6.45, 7) is 6.89. The predicted octanol–water partition coefficient (Wildman–Crippen LogP) is 4.68. The van der Waals surface area contributed by atoms with Gasteiger partial charge in [-0.05, 0) is 41.7 Å². The molecule has 1 unspecified atom stereocenters. The highest BCUT2D eigenvalue weighted by Gasteiger charge is 2.49. The molecule has 0 saturated carbocycles. The Labute approximate surface area is 215 Å². The molecule has 1 aromatic heterocycles. The summed E-state index contributed by atoms with van der Waals surface area (Å²) in [5.41, 5.74) is -0.317. The summed E-state index contributed by atoms with van der Waals surface area (Å²) in [7, 11) is 0. The molecule has 0 bridgehead atoms. The van der Waals surface area contributed by atoms with Gasteiger partial charge in [0, 0.05) is 19.6 Å². The number of fused-ring (bicyclic) bond motifs is 1. The van der Waals surface area contributed by atoms with Gasteiger partial charge in [0.05, 0.1) is 34.1 Å². The normalized spacial score (nSPS) is 30.4. The van der Waals surface area contributed by atoms with Crippen molar-refractivity contribution < 1.29 is 23.0 Å². The van der Waals surface area contributed by atoms with Crippen molar-refractivity contribution in [3.8, 4) is 11.8 Å². The van der Waals surface area contributed by atoms with Gasteiger partial charge in [-0.2, -0.15) is 9.97 Å². The maximum absolute atomic E-state index is 15.5. The standard InChI is InChI=1S/C24H26BrClF2N4O3/c1-2-14-11-34-21-16-20(19(28)17(25)18(21)26)29-23(30-22(16)32(14)15-4-7-33-10-15)35-12-24-5-3-6-31(24)9-13(27)8-24/h2,13-15H,1,3-12H2/t13-,14+,15?,24+/m1/s1. The monoisotopic (exact) mass is 570 g/mol. The van der Waals surface area contributed by atoms with Crippen LogP contribution in [0.3, 0.4) is 0 Å². The molecule has 11 heteroatoms. The summed E-state index contributed by atoms with van der Waals surface area (Å²) >= 11 is 9.76. The van der Waals surface area contributed by atoms with Gasteiger partial charge in [0.25, 0.3) is 0 Å². The number of ether oxygens (including phenoxy) is 3. The highest BCUT2D eigenvalue weighted by molar-refractivity contribution is 9.10. The molecule has 3 saturated heterocycles. The van der Waals surface area contributed by atoms with Crippen molar-refractivity contribution in [1.82, 2.24) is 14.9 Å². The van der Waals surface area contributed by atoms with Crippen molar-refractivity contribution in [2.24, 2.45) is 0 Å². The van der Waals surface area contributed by atoms with Gasteiger partial charge in [-0.1, -0.05) is 17.7 Å². The number of halogens is 4. The lowest BCUT2D eigenvalue weighted by atomic mass is 9.95. The molecule has 4 aliphatic rings. The average Bonchev–Trinajstić information content (AvgIpc) is 3.54. The van der Waals surface area contributed by atoms with Crippen LogP contribution in [0.5, 0.6) is 11.8 Å². The fourth-order valence-corrected chi connectivity index (χ4v) is 6.61. The lowest BCUT2D eigenvalue weighted by Crippen LogP contribution is -2.46. The topological polar surface area (TPSA) is 60.0 Å². The van der Waals surface area contributed by atoms with E-state index in [0.29, 0.717) is 43.1 Å². The molecule has 7 nitrogen and oxygen atoms in total. The Morgan fingerprint density at radius 2 is 2.20 bits per heavy atom. The average molecular weight is 572 g/mol.